The molecule has 0 aliphatic carbocycles. The Balaban J connectivity index is 1.87. The average molecular weight is 328 g/mol. The van der Waals surface area contributed by atoms with Gasteiger partial charge < -0.3 is 9.73 Å². The molecule has 8 heteroatoms. The fourth-order valence-corrected chi connectivity index (χ4v) is 1.77. The first-order valence-corrected chi connectivity index (χ1v) is 6.60. The lowest BCUT2D eigenvalue weighted by molar-refractivity contribution is 0.0909. The van der Waals surface area contributed by atoms with E-state index < -0.39 is 11.9 Å². The number of benzene rings is 1. The average Bonchev–Trinajstić information content (AvgIpc) is 2.87. The van der Waals surface area contributed by atoms with Crippen LogP contribution in [0.5, 0.6) is 0 Å². The van der Waals surface area contributed by atoms with Crippen molar-refractivity contribution in [2.45, 2.75) is 6.92 Å². The van der Waals surface area contributed by atoms with Crippen molar-refractivity contribution in [3.8, 4) is 0 Å². The van der Waals surface area contributed by atoms with Crippen LogP contribution in [-0.4, -0.2) is 11.9 Å². The minimum atomic E-state index is -0.634. The molecule has 0 aliphatic heterocycles. The van der Waals surface area contributed by atoms with Gasteiger partial charge in [0.1, 0.15) is 5.76 Å². The molecule has 110 valence electrons. The van der Waals surface area contributed by atoms with Crippen LogP contribution < -0.4 is 16.2 Å². The Kier molecular flexibility index (Phi) is 4.72. The molecule has 0 saturated carbocycles. The maximum absolute atomic E-state index is 11.6. The summed E-state index contributed by atoms with van der Waals surface area (Å²) in [7, 11) is 0. The highest BCUT2D eigenvalue weighted by molar-refractivity contribution is 6.42. The first kappa shape index (κ1) is 15.2. The van der Waals surface area contributed by atoms with E-state index in [-0.39, 0.29) is 5.76 Å². The topological polar surface area (TPSA) is 83.4 Å². The van der Waals surface area contributed by atoms with Crippen molar-refractivity contribution in [2.24, 2.45) is 0 Å². The van der Waals surface area contributed by atoms with Gasteiger partial charge in [-0.1, -0.05) is 23.2 Å². The molecule has 1 heterocycles. The maximum Gasteiger partial charge on any atom is 0.337 e. The summed E-state index contributed by atoms with van der Waals surface area (Å²) in [4.78, 5) is 23.2. The number of furan rings is 1. The van der Waals surface area contributed by atoms with Crippen molar-refractivity contribution in [3.05, 3.63) is 51.9 Å². The standard InChI is InChI=1S/C13H11Cl2N3O3/c1-7-2-5-11(21-7)12(19)17-18-13(20)16-8-3-4-9(14)10(15)6-8/h2-6H,1H3,(H,17,19)(H2,16,18,20). The highest BCUT2D eigenvalue weighted by atomic mass is 35.5. The molecule has 0 radical (unpaired) electrons. The fourth-order valence-electron chi connectivity index (χ4n) is 1.47. The molecule has 3 amide bonds. The Labute approximate surface area is 130 Å². The highest BCUT2D eigenvalue weighted by Gasteiger charge is 2.11. The van der Waals surface area contributed by atoms with E-state index in [1.807, 2.05) is 0 Å². The second kappa shape index (κ2) is 6.51. The number of halogens is 2. The number of urea groups is 1. The second-order valence-corrected chi connectivity index (χ2v) is 4.89. The molecule has 0 saturated heterocycles. The molecule has 2 aromatic rings. The third-order valence-corrected chi connectivity index (χ3v) is 3.17. The van der Waals surface area contributed by atoms with Crippen molar-refractivity contribution in [1.29, 1.82) is 0 Å². The lowest BCUT2D eigenvalue weighted by atomic mass is 10.3. The van der Waals surface area contributed by atoms with Crippen LogP contribution >= 0.6 is 23.2 Å². The lowest BCUT2D eigenvalue weighted by Crippen LogP contribution is -2.43. The Morgan fingerprint density at radius 2 is 1.81 bits per heavy atom. The van der Waals surface area contributed by atoms with E-state index in [0.29, 0.717) is 21.5 Å². The molecular weight excluding hydrogens is 317 g/mol. The number of rotatable bonds is 2. The van der Waals surface area contributed by atoms with Crippen LogP contribution in [0, 0.1) is 6.92 Å². The molecule has 1 aromatic carbocycles. The molecule has 0 bridgehead atoms. The van der Waals surface area contributed by atoms with Gasteiger partial charge in [-0.2, -0.15) is 0 Å². The van der Waals surface area contributed by atoms with Crippen LogP contribution in [0.4, 0.5) is 10.5 Å². The predicted octanol–water partition coefficient (Wildman–Crippen LogP) is 3.36. The number of carbonyl (C=O) groups is 2. The monoisotopic (exact) mass is 327 g/mol. The number of amides is 3. The van der Waals surface area contributed by atoms with Gasteiger partial charge in [0.2, 0.25) is 0 Å². The number of hydrazine groups is 1. The molecule has 1 aromatic heterocycles. The summed E-state index contributed by atoms with van der Waals surface area (Å²) in [5.74, 6) is 0.134. The number of carbonyl (C=O) groups excluding carboxylic acids is 2. The second-order valence-electron chi connectivity index (χ2n) is 4.07. The van der Waals surface area contributed by atoms with E-state index in [0.717, 1.165) is 0 Å². The molecule has 0 unspecified atom stereocenters. The van der Waals surface area contributed by atoms with Crippen LogP contribution in [0.2, 0.25) is 10.0 Å². The normalized spacial score (nSPS) is 10.0. The highest BCUT2D eigenvalue weighted by Crippen LogP contribution is 2.24. The predicted molar refractivity (Wildman–Crippen MR) is 79.5 cm³/mol. The van der Waals surface area contributed by atoms with Crippen LogP contribution in [-0.2, 0) is 0 Å². The number of anilines is 1. The van der Waals surface area contributed by atoms with Crippen molar-refractivity contribution in [1.82, 2.24) is 10.9 Å². The molecule has 0 atom stereocenters. The summed E-state index contributed by atoms with van der Waals surface area (Å²) in [6, 6.07) is 7.12. The first-order chi connectivity index (χ1) is 9.95. The van der Waals surface area contributed by atoms with Crippen molar-refractivity contribution in [2.75, 3.05) is 5.32 Å². The summed E-state index contributed by atoms with van der Waals surface area (Å²) in [5, 5.41) is 3.17. The summed E-state index contributed by atoms with van der Waals surface area (Å²) in [6.07, 6.45) is 0. The van der Waals surface area contributed by atoms with E-state index in [1.54, 1.807) is 25.1 Å². The van der Waals surface area contributed by atoms with Gasteiger partial charge in [0.05, 0.1) is 10.0 Å². The van der Waals surface area contributed by atoms with E-state index in [2.05, 4.69) is 16.2 Å². The Morgan fingerprint density at radius 1 is 1.05 bits per heavy atom. The van der Waals surface area contributed by atoms with E-state index in [4.69, 9.17) is 27.6 Å². The van der Waals surface area contributed by atoms with Crippen molar-refractivity contribution in [3.63, 3.8) is 0 Å². The third kappa shape index (κ3) is 4.14. The fraction of sp³-hybridized carbons (Fsp3) is 0.0769. The van der Waals surface area contributed by atoms with Gasteiger partial charge in [0.15, 0.2) is 5.76 Å². The Bertz CT molecular complexity index is 685. The van der Waals surface area contributed by atoms with E-state index in [9.17, 15) is 9.59 Å². The maximum atomic E-state index is 11.6. The molecule has 2 rings (SSSR count). The summed E-state index contributed by atoms with van der Waals surface area (Å²) in [5.41, 5.74) is 4.83. The van der Waals surface area contributed by atoms with Gasteiger partial charge in [0, 0.05) is 5.69 Å². The van der Waals surface area contributed by atoms with Crippen LogP contribution in [0.25, 0.3) is 0 Å². The SMILES string of the molecule is Cc1ccc(C(=O)NNC(=O)Nc2ccc(Cl)c(Cl)c2)o1. The minimum absolute atomic E-state index is 0.0994. The van der Waals surface area contributed by atoms with Crippen LogP contribution in [0.15, 0.2) is 34.7 Å². The Hall–Kier alpha value is -2.18. The van der Waals surface area contributed by atoms with Gasteiger partial charge >= 0.3 is 11.9 Å². The number of aryl methyl sites for hydroxylation is 1. The molecular formula is C13H11Cl2N3O3. The van der Waals surface area contributed by atoms with Gasteiger partial charge in [-0.05, 0) is 37.3 Å². The smallest absolute Gasteiger partial charge is 0.337 e. The Morgan fingerprint density at radius 3 is 2.43 bits per heavy atom. The van der Waals surface area contributed by atoms with E-state index in [1.165, 1.54) is 12.1 Å². The van der Waals surface area contributed by atoms with Gasteiger partial charge in [-0.25, -0.2) is 10.2 Å². The zero-order valence-electron chi connectivity index (χ0n) is 10.9. The third-order valence-electron chi connectivity index (χ3n) is 2.43. The largest absolute Gasteiger partial charge is 0.456 e. The van der Waals surface area contributed by atoms with Gasteiger partial charge in [0.25, 0.3) is 0 Å². The number of hydrogen-bond donors (Lipinski definition) is 3. The van der Waals surface area contributed by atoms with E-state index >= 15 is 0 Å². The summed E-state index contributed by atoms with van der Waals surface area (Å²) in [6.45, 7) is 1.71. The lowest BCUT2D eigenvalue weighted by Gasteiger charge is -2.08. The zero-order valence-corrected chi connectivity index (χ0v) is 12.4. The first-order valence-electron chi connectivity index (χ1n) is 5.84. The molecule has 3 N–H and O–H groups in total. The molecule has 0 spiro atoms. The van der Waals surface area contributed by atoms with Gasteiger partial charge in [-0.15, -0.1) is 0 Å². The molecule has 0 aliphatic rings. The molecule has 6 nitrogen and oxygen atoms in total. The van der Waals surface area contributed by atoms with Crippen molar-refractivity contribution < 1.29 is 14.0 Å². The summed E-state index contributed by atoms with van der Waals surface area (Å²) >= 11 is 11.6. The minimum Gasteiger partial charge on any atom is -0.456 e. The number of nitrogens with one attached hydrogen (secondary N) is 3. The summed E-state index contributed by atoms with van der Waals surface area (Å²) < 4.78 is 5.11. The number of hydrogen-bond acceptors (Lipinski definition) is 3. The molecule has 0 fully saturated rings. The molecule has 21 heavy (non-hydrogen) atoms. The quantitative estimate of drug-likeness (QED) is 0.739. The van der Waals surface area contributed by atoms with Crippen molar-refractivity contribution >= 4 is 40.8 Å². The van der Waals surface area contributed by atoms with Gasteiger partial charge in [-0.3, -0.25) is 10.2 Å². The van der Waals surface area contributed by atoms with Crippen LogP contribution in [0.3, 0.4) is 0 Å². The zero-order chi connectivity index (χ0) is 15.4. The van der Waals surface area contributed by atoms with Crippen LogP contribution in [0.1, 0.15) is 16.3 Å².